The second-order valence-electron chi connectivity index (χ2n) is 3.16. The van der Waals surface area contributed by atoms with Gasteiger partial charge in [0, 0.05) is 11.6 Å². The SMILES string of the molecule is Cc1ccccc1-c1cc(CO)no1. The van der Waals surface area contributed by atoms with Crippen molar-refractivity contribution in [2.45, 2.75) is 13.5 Å². The van der Waals surface area contributed by atoms with Crippen molar-refractivity contribution in [3.05, 3.63) is 41.6 Å². The molecule has 0 amide bonds. The molecule has 1 N–H and O–H groups in total. The standard InChI is InChI=1S/C11H11NO2/c1-8-4-2-3-5-10(8)11-6-9(7-13)12-14-11/h2-6,13H,7H2,1H3. The molecule has 3 nitrogen and oxygen atoms in total. The van der Waals surface area contributed by atoms with Crippen LogP contribution in [0, 0.1) is 6.92 Å². The van der Waals surface area contributed by atoms with Crippen LogP contribution in [0.3, 0.4) is 0 Å². The van der Waals surface area contributed by atoms with Crippen LogP contribution in [-0.2, 0) is 6.61 Å². The molecule has 2 rings (SSSR count). The molecule has 0 aliphatic rings. The fourth-order valence-electron chi connectivity index (χ4n) is 1.36. The summed E-state index contributed by atoms with van der Waals surface area (Å²) in [6.07, 6.45) is 0. The normalized spacial score (nSPS) is 10.4. The molecule has 72 valence electrons. The van der Waals surface area contributed by atoms with E-state index < -0.39 is 0 Å². The van der Waals surface area contributed by atoms with Crippen LogP contribution in [0.1, 0.15) is 11.3 Å². The maximum absolute atomic E-state index is 8.84. The molecule has 0 spiro atoms. The highest BCUT2D eigenvalue weighted by Gasteiger charge is 2.07. The lowest BCUT2D eigenvalue weighted by atomic mass is 10.1. The van der Waals surface area contributed by atoms with E-state index >= 15 is 0 Å². The first kappa shape index (κ1) is 8.97. The molecule has 1 aromatic carbocycles. The van der Waals surface area contributed by atoms with Gasteiger partial charge in [0.25, 0.3) is 0 Å². The molecule has 0 saturated heterocycles. The van der Waals surface area contributed by atoms with Gasteiger partial charge in [-0.3, -0.25) is 0 Å². The minimum absolute atomic E-state index is 0.0879. The lowest BCUT2D eigenvalue weighted by Gasteiger charge is -1.98. The predicted molar refractivity (Wildman–Crippen MR) is 52.6 cm³/mol. The summed E-state index contributed by atoms with van der Waals surface area (Å²) >= 11 is 0. The van der Waals surface area contributed by atoms with Crippen molar-refractivity contribution in [2.75, 3.05) is 0 Å². The van der Waals surface area contributed by atoms with Gasteiger partial charge < -0.3 is 9.63 Å². The Labute approximate surface area is 82.0 Å². The first-order chi connectivity index (χ1) is 6.81. The van der Waals surface area contributed by atoms with Crippen LogP contribution in [-0.4, -0.2) is 10.3 Å². The van der Waals surface area contributed by atoms with Crippen LogP contribution in [0.2, 0.25) is 0 Å². The van der Waals surface area contributed by atoms with E-state index in [-0.39, 0.29) is 6.61 Å². The molecule has 0 radical (unpaired) electrons. The Morgan fingerprint density at radius 1 is 1.36 bits per heavy atom. The van der Waals surface area contributed by atoms with Gasteiger partial charge in [0.15, 0.2) is 5.76 Å². The van der Waals surface area contributed by atoms with Gasteiger partial charge in [0.2, 0.25) is 0 Å². The first-order valence-electron chi connectivity index (χ1n) is 4.43. The van der Waals surface area contributed by atoms with Crippen LogP contribution in [0.4, 0.5) is 0 Å². The van der Waals surface area contributed by atoms with Crippen molar-refractivity contribution < 1.29 is 9.63 Å². The second-order valence-corrected chi connectivity index (χ2v) is 3.16. The van der Waals surface area contributed by atoms with Crippen molar-refractivity contribution >= 4 is 0 Å². The van der Waals surface area contributed by atoms with Gasteiger partial charge in [0.05, 0.1) is 6.61 Å². The highest BCUT2D eigenvalue weighted by atomic mass is 16.5. The lowest BCUT2D eigenvalue weighted by molar-refractivity contribution is 0.267. The predicted octanol–water partition coefficient (Wildman–Crippen LogP) is 2.14. The van der Waals surface area contributed by atoms with E-state index in [9.17, 15) is 0 Å². The van der Waals surface area contributed by atoms with Crippen LogP contribution >= 0.6 is 0 Å². The van der Waals surface area contributed by atoms with Gasteiger partial charge in [-0.05, 0) is 12.5 Å². The molecule has 0 fully saturated rings. The number of nitrogens with zero attached hydrogens (tertiary/aromatic N) is 1. The summed E-state index contributed by atoms with van der Waals surface area (Å²) in [7, 11) is 0. The Morgan fingerprint density at radius 3 is 2.79 bits per heavy atom. The molecule has 3 heteroatoms. The van der Waals surface area contributed by atoms with E-state index in [0.29, 0.717) is 11.5 Å². The molecule has 14 heavy (non-hydrogen) atoms. The number of benzene rings is 1. The first-order valence-corrected chi connectivity index (χ1v) is 4.43. The molecule has 2 aromatic rings. The van der Waals surface area contributed by atoms with Gasteiger partial charge in [-0.25, -0.2) is 0 Å². The third kappa shape index (κ3) is 1.54. The number of aliphatic hydroxyl groups excluding tert-OH is 1. The largest absolute Gasteiger partial charge is 0.390 e. The van der Waals surface area contributed by atoms with Crippen LogP contribution in [0.15, 0.2) is 34.9 Å². The molecule has 0 bridgehead atoms. The van der Waals surface area contributed by atoms with Crippen molar-refractivity contribution in [3.8, 4) is 11.3 Å². The Hall–Kier alpha value is -1.61. The Balaban J connectivity index is 2.44. The van der Waals surface area contributed by atoms with Crippen molar-refractivity contribution in [1.29, 1.82) is 0 Å². The summed E-state index contributed by atoms with van der Waals surface area (Å²) in [5.74, 6) is 0.701. The van der Waals surface area contributed by atoms with Gasteiger partial charge in [-0.15, -0.1) is 0 Å². The molecule has 0 aliphatic heterocycles. The zero-order valence-electron chi connectivity index (χ0n) is 7.90. The Morgan fingerprint density at radius 2 is 2.14 bits per heavy atom. The fourth-order valence-corrected chi connectivity index (χ4v) is 1.36. The minimum atomic E-state index is -0.0879. The quantitative estimate of drug-likeness (QED) is 0.787. The van der Waals surface area contributed by atoms with E-state index in [0.717, 1.165) is 11.1 Å². The number of rotatable bonds is 2. The van der Waals surface area contributed by atoms with Gasteiger partial charge in [-0.2, -0.15) is 0 Å². The maximum atomic E-state index is 8.84. The highest BCUT2D eigenvalue weighted by molar-refractivity contribution is 5.61. The number of aryl methyl sites for hydroxylation is 1. The van der Waals surface area contributed by atoms with E-state index in [1.165, 1.54) is 0 Å². The van der Waals surface area contributed by atoms with Crippen molar-refractivity contribution in [3.63, 3.8) is 0 Å². The molecular weight excluding hydrogens is 178 g/mol. The van der Waals surface area contributed by atoms with E-state index in [4.69, 9.17) is 9.63 Å². The monoisotopic (exact) mass is 189 g/mol. The molecule has 0 aliphatic carbocycles. The van der Waals surface area contributed by atoms with Gasteiger partial charge >= 0.3 is 0 Å². The third-order valence-corrected chi connectivity index (χ3v) is 2.13. The average molecular weight is 189 g/mol. The molecule has 0 saturated carbocycles. The van der Waals surface area contributed by atoms with E-state index in [1.807, 2.05) is 31.2 Å². The number of hydrogen-bond donors (Lipinski definition) is 1. The molecular formula is C11H11NO2. The van der Waals surface area contributed by atoms with Crippen LogP contribution in [0.25, 0.3) is 11.3 Å². The number of aliphatic hydroxyl groups is 1. The molecule has 0 atom stereocenters. The average Bonchev–Trinajstić information content (AvgIpc) is 2.67. The summed E-state index contributed by atoms with van der Waals surface area (Å²) in [4.78, 5) is 0. The maximum Gasteiger partial charge on any atom is 0.167 e. The van der Waals surface area contributed by atoms with Crippen LogP contribution in [0.5, 0.6) is 0 Å². The third-order valence-electron chi connectivity index (χ3n) is 2.13. The summed E-state index contributed by atoms with van der Waals surface area (Å²) in [5, 5.41) is 12.6. The summed E-state index contributed by atoms with van der Waals surface area (Å²) in [6, 6.07) is 9.65. The zero-order valence-corrected chi connectivity index (χ0v) is 7.90. The summed E-state index contributed by atoms with van der Waals surface area (Å²) < 4.78 is 5.11. The molecule has 0 unspecified atom stereocenters. The zero-order chi connectivity index (χ0) is 9.97. The number of hydrogen-bond acceptors (Lipinski definition) is 3. The van der Waals surface area contributed by atoms with E-state index in [1.54, 1.807) is 6.07 Å². The van der Waals surface area contributed by atoms with E-state index in [2.05, 4.69) is 5.16 Å². The van der Waals surface area contributed by atoms with Gasteiger partial charge in [0.1, 0.15) is 5.69 Å². The highest BCUT2D eigenvalue weighted by Crippen LogP contribution is 2.23. The Bertz CT molecular complexity index is 434. The fraction of sp³-hybridized carbons (Fsp3) is 0.182. The number of aromatic nitrogens is 1. The lowest BCUT2D eigenvalue weighted by Crippen LogP contribution is -1.80. The van der Waals surface area contributed by atoms with Crippen molar-refractivity contribution in [2.24, 2.45) is 0 Å². The van der Waals surface area contributed by atoms with Crippen LogP contribution < -0.4 is 0 Å². The molecule has 1 aromatic heterocycles. The summed E-state index contributed by atoms with van der Waals surface area (Å²) in [5.41, 5.74) is 2.70. The summed E-state index contributed by atoms with van der Waals surface area (Å²) in [6.45, 7) is 1.92. The minimum Gasteiger partial charge on any atom is -0.390 e. The Kier molecular flexibility index (Phi) is 2.33. The smallest absolute Gasteiger partial charge is 0.167 e. The topological polar surface area (TPSA) is 46.3 Å². The van der Waals surface area contributed by atoms with Crippen molar-refractivity contribution in [1.82, 2.24) is 5.16 Å². The molecule has 1 heterocycles. The second kappa shape index (κ2) is 3.64. The van der Waals surface area contributed by atoms with Gasteiger partial charge in [-0.1, -0.05) is 29.4 Å².